The van der Waals surface area contributed by atoms with Gasteiger partial charge in [0.05, 0.1) is 6.20 Å². The third-order valence-electron chi connectivity index (χ3n) is 6.58. The Hall–Kier alpha value is -0.880. The number of nitrogens with zero attached hydrogens (tertiary/aromatic N) is 2. The van der Waals surface area contributed by atoms with Crippen LogP contribution in [-0.4, -0.2) is 24.2 Å². The van der Waals surface area contributed by atoms with E-state index in [-0.39, 0.29) is 16.4 Å². The van der Waals surface area contributed by atoms with Gasteiger partial charge in [-0.3, -0.25) is 4.68 Å². The first-order valence-corrected chi connectivity index (χ1v) is 10.4. The SMILES string of the molecule is CCn1cc(S(=O)(=O)NC(C)C23CC4CC(CC(C4)C2)C3)cn1. The van der Waals surface area contributed by atoms with Crippen molar-refractivity contribution in [3.8, 4) is 0 Å². The summed E-state index contributed by atoms with van der Waals surface area (Å²) in [5.41, 5.74) is 0.183. The maximum atomic E-state index is 12.7. The number of aromatic nitrogens is 2. The average Bonchev–Trinajstić information content (AvgIpc) is 2.95. The Morgan fingerprint density at radius 3 is 2.30 bits per heavy atom. The second kappa shape index (κ2) is 5.31. The van der Waals surface area contributed by atoms with Gasteiger partial charge >= 0.3 is 0 Å². The Bertz CT molecular complexity index is 659. The number of nitrogens with one attached hydrogen (secondary N) is 1. The molecule has 1 aromatic rings. The number of hydrogen-bond acceptors (Lipinski definition) is 3. The maximum absolute atomic E-state index is 12.7. The molecule has 0 radical (unpaired) electrons. The van der Waals surface area contributed by atoms with Crippen LogP contribution < -0.4 is 4.72 Å². The minimum atomic E-state index is -3.48. The van der Waals surface area contributed by atoms with Gasteiger partial charge in [-0.1, -0.05) is 0 Å². The fraction of sp³-hybridized carbons (Fsp3) is 0.824. The molecule has 0 amide bonds. The normalized spacial score (nSPS) is 37.2. The molecule has 1 atom stereocenters. The summed E-state index contributed by atoms with van der Waals surface area (Å²) < 4.78 is 30.0. The highest BCUT2D eigenvalue weighted by Crippen LogP contribution is 2.61. The first-order valence-electron chi connectivity index (χ1n) is 8.95. The van der Waals surface area contributed by atoms with Crippen LogP contribution in [0.15, 0.2) is 17.3 Å². The van der Waals surface area contributed by atoms with E-state index in [1.165, 1.54) is 44.7 Å². The summed E-state index contributed by atoms with van der Waals surface area (Å²) in [7, 11) is -3.48. The Labute approximate surface area is 138 Å². The second-order valence-electron chi connectivity index (χ2n) is 8.15. The maximum Gasteiger partial charge on any atom is 0.243 e. The van der Waals surface area contributed by atoms with Crippen molar-refractivity contribution in [3.63, 3.8) is 0 Å². The van der Waals surface area contributed by atoms with Crippen LogP contribution in [-0.2, 0) is 16.6 Å². The highest BCUT2D eigenvalue weighted by Gasteiger charge is 2.53. The lowest BCUT2D eigenvalue weighted by atomic mass is 9.48. The van der Waals surface area contributed by atoms with Crippen molar-refractivity contribution < 1.29 is 8.42 Å². The fourth-order valence-corrected chi connectivity index (χ4v) is 7.09. The summed E-state index contributed by atoms with van der Waals surface area (Å²) in [6.07, 6.45) is 10.8. The van der Waals surface area contributed by atoms with Gasteiger partial charge in [0.15, 0.2) is 0 Å². The van der Waals surface area contributed by atoms with Gasteiger partial charge < -0.3 is 0 Å². The van der Waals surface area contributed by atoms with Gasteiger partial charge in [-0.2, -0.15) is 5.10 Å². The molecule has 4 aliphatic carbocycles. The molecule has 6 heteroatoms. The predicted octanol–water partition coefficient (Wildman–Crippen LogP) is 2.79. The number of aryl methyl sites for hydroxylation is 1. The van der Waals surface area contributed by atoms with Crippen LogP contribution in [0, 0.1) is 23.2 Å². The fourth-order valence-electron chi connectivity index (χ4n) is 5.79. The largest absolute Gasteiger partial charge is 0.272 e. The lowest BCUT2D eigenvalue weighted by molar-refractivity contribution is -0.0666. The summed E-state index contributed by atoms with van der Waals surface area (Å²) in [5.74, 6) is 2.49. The predicted molar refractivity (Wildman–Crippen MR) is 88.3 cm³/mol. The van der Waals surface area contributed by atoms with Crippen molar-refractivity contribution in [1.29, 1.82) is 0 Å². The van der Waals surface area contributed by atoms with Gasteiger partial charge in [0, 0.05) is 18.8 Å². The highest BCUT2D eigenvalue weighted by atomic mass is 32.2. The van der Waals surface area contributed by atoms with E-state index in [2.05, 4.69) is 16.7 Å². The molecular formula is C17H27N3O2S. The molecule has 4 saturated carbocycles. The van der Waals surface area contributed by atoms with Crippen molar-refractivity contribution in [2.75, 3.05) is 0 Å². The number of sulfonamides is 1. The van der Waals surface area contributed by atoms with Gasteiger partial charge in [-0.05, 0) is 75.5 Å². The monoisotopic (exact) mass is 337 g/mol. The summed E-state index contributed by atoms with van der Waals surface area (Å²) in [4.78, 5) is 0.288. The van der Waals surface area contributed by atoms with Crippen LogP contribution in [0.25, 0.3) is 0 Å². The standard InChI is InChI=1S/C17H27N3O2S/c1-3-20-11-16(10-18-20)23(21,22)19-12(2)17-7-13-4-14(8-17)6-15(5-13)9-17/h10-15,19H,3-9H2,1-2H3. The zero-order chi connectivity index (χ0) is 16.2. The molecule has 0 saturated heterocycles. The molecule has 1 heterocycles. The van der Waals surface area contributed by atoms with Gasteiger partial charge in [0.25, 0.3) is 0 Å². The summed E-state index contributed by atoms with van der Waals surface area (Å²) >= 11 is 0. The Morgan fingerprint density at radius 2 is 1.83 bits per heavy atom. The van der Waals surface area contributed by atoms with E-state index < -0.39 is 10.0 Å². The van der Waals surface area contributed by atoms with Crippen LogP contribution in [0.4, 0.5) is 0 Å². The van der Waals surface area contributed by atoms with Crippen molar-refractivity contribution in [1.82, 2.24) is 14.5 Å². The molecule has 0 spiro atoms. The Balaban J connectivity index is 1.54. The summed E-state index contributed by atoms with van der Waals surface area (Å²) in [6, 6.07) is 0.00544. The number of hydrogen-bond donors (Lipinski definition) is 1. The van der Waals surface area contributed by atoms with Crippen LogP contribution in [0.5, 0.6) is 0 Å². The van der Waals surface area contributed by atoms with Crippen molar-refractivity contribution in [3.05, 3.63) is 12.4 Å². The molecule has 1 unspecified atom stereocenters. The van der Waals surface area contributed by atoms with Crippen molar-refractivity contribution in [2.45, 2.75) is 69.9 Å². The molecule has 4 fully saturated rings. The summed E-state index contributed by atoms with van der Waals surface area (Å²) in [6.45, 7) is 4.71. The average molecular weight is 337 g/mol. The van der Waals surface area contributed by atoms with E-state index >= 15 is 0 Å². The topological polar surface area (TPSA) is 64.0 Å². The molecule has 1 aromatic heterocycles. The second-order valence-corrected chi connectivity index (χ2v) is 9.87. The van der Waals surface area contributed by atoms with Crippen molar-refractivity contribution >= 4 is 10.0 Å². The number of rotatable bonds is 5. The zero-order valence-corrected chi connectivity index (χ0v) is 14.8. The van der Waals surface area contributed by atoms with Crippen LogP contribution >= 0.6 is 0 Å². The van der Waals surface area contributed by atoms with E-state index in [1.54, 1.807) is 10.9 Å². The van der Waals surface area contributed by atoms with Crippen LogP contribution in [0.2, 0.25) is 0 Å². The third-order valence-corrected chi connectivity index (χ3v) is 8.08. The van der Waals surface area contributed by atoms with E-state index in [9.17, 15) is 8.42 Å². The highest BCUT2D eigenvalue weighted by molar-refractivity contribution is 7.89. The third kappa shape index (κ3) is 2.64. The molecule has 0 aromatic carbocycles. The van der Waals surface area contributed by atoms with Gasteiger partial charge in [-0.15, -0.1) is 0 Å². The molecule has 23 heavy (non-hydrogen) atoms. The summed E-state index contributed by atoms with van der Waals surface area (Å²) in [5, 5.41) is 4.10. The molecule has 0 aliphatic heterocycles. The molecule has 4 bridgehead atoms. The zero-order valence-electron chi connectivity index (χ0n) is 14.0. The quantitative estimate of drug-likeness (QED) is 0.898. The van der Waals surface area contributed by atoms with E-state index in [0.29, 0.717) is 6.54 Å². The molecule has 5 nitrogen and oxygen atoms in total. The van der Waals surface area contributed by atoms with Gasteiger partial charge in [-0.25, -0.2) is 13.1 Å². The Morgan fingerprint density at radius 1 is 1.26 bits per heavy atom. The molecule has 1 N–H and O–H groups in total. The molecular weight excluding hydrogens is 310 g/mol. The Kier molecular flexibility index (Phi) is 3.61. The molecule has 5 rings (SSSR count). The minimum absolute atomic E-state index is 0.00544. The van der Waals surface area contributed by atoms with E-state index in [1.807, 2.05) is 6.92 Å². The smallest absolute Gasteiger partial charge is 0.243 e. The minimum Gasteiger partial charge on any atom is -0.272 e. The lowest BCUT2D eigenvalue weighted by Gasteiger charge is -2.59. The molecule has 4 aliphatic rings. The van der Waals surface area contributed by atoms with Crippen LogP contribution in [0.3, 0.4) is 0 Å². The van der Waals surface area contributed by atoms with Crippen LogP contribution in [0.1, 0.15) is 52.4 Å². The van der Waals surface area contributed by atoms with Gasteiger partial charge in [0.2, 0.25) is 10.0 Å². The lowest BCUT2D eigenvalue weighted by Crippen LogP contribution is -2.55. The van der Waals surface area contributed by atoms with Gasteiger partial charge in [0.1, 0.15) is 4.90 Å². The van der Waals surface area contributed by atoms with Crippen molar-refractivity contribution in [2.24, 2.45) is 23.2 Å². The first kappa shape index (κ1) is 15.6. The van der Waals surface area contributed by atoms with E-state index in [0.717, 1.165) is 17.8 Å². The van der Waals surface area contributed by atoms with E-state index in [4.69, 9.17) is 0 Å². The molecule has 128 valence electrons. The first-order chi connectivity index (χ1) is 10.9.